The van der Waals surface area contributed by atoms with Gasteiger partial charge in [0.05, 0.1) is 12.0 Å². The predicted octanol–water partition coefficient (Wildman–Crippen LogP) is 5.49. The number of nitrogens with one attached hydrogen (secondary N) is 1. The summed E-state index contributed by atoms with van der Waals surface area (Å²) in [5.41, 5.74) is 7.09. The van der Waals surface area contributed by atoms with Crippen molar-refractivity contribution >= 4 is 0 Å². The summed E-state index contributed by atoms with van der Waals surface area (Å²) in [5.74, 6) is 0.820. The maximum atomic E-state index is 4.50. The van der Waals surface area contributed by atoms with Gasteiger partial charge >= 0.3 is 0 Å². The van der Waals surface area contributed by atoms with Gasteiger partial charge in [0.25, 0.3) is 0 Å². The van der Waals surface area contributed by atoms with Gasteiger partial charge in [-0.25, -0.2) is 4.98 Å². The van der Waals surface area contributed by atoms with E-state index in [-0.39, 0.29) is 0 Å². The highest BCUT2D eigenvalue weighted by Gasteiger charge is 2.23. The summed E-state index contributed by atoms with van der Waals surface area (Å²) in [5, 5.41) is 3.91. The van der Waals surface area contributed by atoms with Crippen LogP contribution >= 0.6 is 0 Å². The van der Waals surface area contributed by atoms with Gasteiger partial charge in [-0.15, -0.1) is 0 Å². The molecule has 4 heteroatoms. The lowest BCUT2D eigenvalue weighted by atomic mass is 9.89. The smallest absolute Gasteiger partial charge is 0.0948 e. The van der Waals surface area contributed by atoms with Gasteiger partial charge in [0.2, 0.25) is 0 Å². The molecule has 4 nitrogen and oxygen atoms in total. The van der Waals surface area contributed by atoms with Gasteiger partial charge in [0, 0.05) is 45.0 Å². The highest BCUT2D eigenvalue weighted by atomic mass is 15.2. The Morgan fingerprint density at radius 2 is 1.76 bits per heavy atom. The first-order valence-corrected chi connectivity index (χ1v) is 12.8. The Bertz CT molecular complexity index is 1030. The fourth-order valence-electron chi connectivity index (χ4n) is 5.70. The molecule has 0 bridgehead atoms. The Kier molecular flexibility index (Phi) is 7.23. The predicted molar refractivity (Wildman–Crippen MR) is 135 cm³/mol. The Hall–Kier alpha value is -2.43. The fraction of sp³-hybridized carbons (Fsp3) is 0.483. The molecule has 2 aliphatic rings. The van der Waals surface area contributed by atoms with Crippen LogP contribution in [0, 0.1) is 12.8 Å². The number of hydrogen-bond acceptors (Lipinski definition) is 3. The van der Waals surface area contributed by atoms with Crippen molar-refractivity contribution in [3.63, 3.8) is 0 Å². The fourth-order valence-corrected chi connectivity index (χ4v) is 5.70. The topological polar surface area (TPSA) is 33.1 Å². The van der Waals surface area contributed by atoms with Crippen LogP contribution in [0.4, 0.5) is 0 Å². The minimum Gasteiger partial charge on any atom is -0.333 e. The average Bonchev–Trinajstić information content (AvgIpc) is 3.19. The summed E-state index contributed by atoms with van der Waals surface area (Å²) >= 11 is 0. The van der Waals surface area contributed by atoms with E-state index in [9.17, 15) is 0 Å². The van der Waals surface area contributed by atoms with E-state index in [0.717, 1.165) is 45.1 Å². The molecule has 0 spiro atoms. The van der Waals surface area contributed by atoms with Crippen LogP contribution in [0.3, 0.4) is 0 Å². The lowest BCUT2D eigenvalue weighted by Gasteiger charge is -2.26. The number of aromatic nitrogens is 2. The molecular formula is C29H38N4. The second-order valence-corrected chi connectivity index (χ2v) is 10.2. The van der Waals surface area contributed by atoms with Crippen molar-refractivity contribution in [3.05, 3.63) is 89.0 Å². The summed E-state index contributed by atoms with van der Waals surface area (Å²) in [6.45, 7) is 7.31. The van der Waals surface area contributed by atoms with E-state index in [4.69, 9.17) is 0 Å². The largest absolute Gasteiger partial charge is 0.333 e. The van der Waals surface area contributed by atoms with Crippen molar-refractivity contribution < 1.29 is 0 Å². The molecule has 2 aromatic carbocycles. The van der Waals surface area contributed by atoms with Gasteiger partial charge in [0.15, 0.2) is 0 Å². The van der Waals surface area contributed by atoms with Gasteiger partial charge < -0.3 is 9.88 Å². The van der Waals surface area contributed by atoms with E-state index in [1.807, 2.05) is 6.33 Å². The zero-order chi connectivity index (χ0) is 22.5. The molecule has 1 atom stereocenters. The van der Waals surface area contributed by atoms with Crippen molar-refractivity contribution in [3.8, 4) is 0 Å². The normalized spacial score (nSPS) is 19.8. The Morgan fingerprint density at radius 1 is 0.970 bits per heavy atom. The lowest BCUT2D eigenvalue weighted by Crippen LogP contribution is -2.40. The molecule has 1 aliphatic heterocycles. The summed E-state index contributed by atoms with van der Waals surface area (Å²) in [7, 11) is 0. The SMILES string of the molecule is Cc1ccccc1CN1Cc2ccccc2C[C@H](NCc2cncn2CC2CCCCC2)C1. The molecule has 1 aromatic heterocycles. The maximum Gasteiger partial charge on any atom is 0.0948 e. The van der Waals surface area contributed by atoms with Crippen LogP contribution < -0.4 is 5.32 Å². The summed E-state index contributed by atoms with van der Waals surface area (Å²) < 4.78 is 2.40. The minimum absolute atomic E-state index is 0.427. The molecule has 0 radical (unpaired) electrons. The highest BCUT2D eigenvalue weighted by molar-refractivity contribution is 5.30. The molecule has 1 saturated carbocycles. The first-order chi connectivity index (χ1) is 16.2. The molecule has 33 heavy (non-hydrogen) atoms. The second-order valence-electron chi connectivity index (χ2n) is 10.2. The minimum atomic E-state index is 0.427. The molecule has 174 valence electrons. The number of imidazole rings is 1. The van der Waals surface area contributed by atoms with E-state index in [2.05, 4.69) is 81.4 Å². The third-order valence-corrected chi connectivity index (χ3v) is 7.66. The van der Waals surface area contributed by atoms with E-state index in [0.29, 0.717) is 6.04 Å². The maximum absolute atomic E-state index is 4.50. The van der Waals surface area contributed by atoms with Crippen LogP contribution in [0.15, 0.2) is 61.1 Å². The van der Waals surface area contributed by atoms with Gasteiger partial charge in [0.1, 0.15) is 0 Å². The van der Waals surface area contributed by atoms with Crippen LogP contribution in [0.25, 0.3) is 0 Å². The van der Waals surface area contributed by atoms with Crippen LogP contribution in [0.1, 0.15) is 60.1 Å². The van der Waals surface area contributed by atoms with E-state index < -0.39 is 0 Å². The quantitative estimate of drug-likeness (QED) is 0.525. The van der Waals surface area contributed by atoms with Crippen LogP contribution in [-0.2, 0) is 32.6 Å². The Labute approximate surface area is 199 Å². The lowest BCUT2D eigenvalue weighted by molar-refractivity contribution is 0.231. The van der Waals surface area contributed by atoms with E-state index in [1.165, 1.54) is 60.1 Å². The number of fused-ring (bicyclic) bond motifs is 1. The average molecular weight is 443 g/mol. The zero-order valence-electron chi connectivity index (χ0n) is 20.0. The first kappa shape index (κ1) is 22.4. The third-order valence-electron chi connectivity index (χ3n) is 7.66. The molecular weight excluding hydrogens is 404 g/mol. The van der Waals surface area contributed by atoms with Gasteiger partial charge in [-0.3, -0.25) is 4.90 Å². The molecule has 0 saturated heterocycles. The first-order valence-electron chi connectivity index (χ1n) is 12.8. The third kappa shape index (κ3) is 5.74. The van der Waals surface area contributed by atoms with Gasteiger partial charge in [-0.2, -0.15) is 0 Å². The van der Waals surface area contributed by atoms with Crippen LogP contribution in [0.2, 0.25) is 0 Å². The van der Waals surface area contributed by atoms with Crippen molar-refractivity contribution in [2.45, 2.75) is 77.7 Å². The zero-order valence-corrected chi connectivity index (χ0v) is 20.0. The summed E-state index contributed by atoms with van der Waals surface area (Å²) in [6.07, 6.45) is 12.1. The second kappa shape index (κ2) is 10.7. The van der Waals surface area contributed by atoms with Crippen LogP contribution in [-0.4, -0.2) is 27.0 Å². The number of rotatable bonds is 7. The molecule has 3 aromatic rings. The number of nitrogens with zero attached hydrogens (tertiary/aromatic N) is 3. The number of hydrogen-bond donors (Lipinski definition) is 1. The Morgan fingerprint density at radius 3 is 2.61 bits per heavy atom. The molecule has 5 rings (SSSR count). The molecule has 1 fully saturated rings. The molecule has 1 aliphatic carbocycles. The van der Waals surface area contributed by atoms with Crippen molar-refractivity contribution in [1.29, 1.82) is 0 Å². The van der Waals surface area contributed by atoms with Crippen LogP contribution in [0.5, 0.6) is 0 Å². The molecule has 0 amide bonds. The van der Waals surface area contributed by atoms with Crippen molar-refractivity contribution in [1.82, 2.24) is 19.8 Å². The van der Waals surface area contributed by atoms with Gasteiger partial charge in [-0.05, 0) is 54.4 Å². The van der Waals surface area contributed by atoms with E-state index in [1.54, 1.807) is 0 Å². The van der Waals surface area contributed by atoms with E-state index >= 15 is 0 Å². The summed E-state index contributed by atoms with van der Waals surface area (Å²) in [6, 6.07) is 18.2. The monoisotopic (exact) mass is 442 g/mol. The summed E-state index contributed by atoms with van der Waals surface area (Å²) in [4.78, 5) is 7.12. The standard InChI is InChI=1S/C29H38N4/c1-23-9-5-6-13-26(23)19-32-20-27-14-8-7-12-25(27)15-28(21-32)31-17-29-16-30-22-33(29)18-24-10-3-2-4-11-24/h5-9,12-14,16,22,24,28,31H,2-4,10-11,15,17-21H2,1H3/t28-/m0/s1. The molecule has 1 N–H and O–H groups in total. The molecule has 2 heterocycles. The van der Waals surface area contributed by atoms with Crippen molar-refractivity contribution in [2.75, 3.05) is 6.54 Å². The van der Waals surface area contributed by atoms with Gasteiger partial charge in [-0.1, -0.05) is 67.8 Å². The Balaban J connectivity index is 1.27. The molecule has 0 unspecified atom stereocenters. The van der Waals surface area contributed by atoms with Crippen molar-refractivity contribution in [2.24, 2.45) is 5.92 Å². The highest BCUT2D eigenvalue weighted by Crippen LogP contribution is 2.26. The number of benzene rings is 2. The number of aryl methyl sites for hydroxylation is 1.